The zero-order chi connectivity index (χ0) is 21.5. The van der Waals surface area contributed by atoms with Crippen molar-refractivity contribution in [2.24, 2.45) is 0 Å². The van der Waals surface area contributed by atoms with Crippen LogP contribution in [0.3, 0.4) is 0 Å². The van der Waals surface area contributed by atoms with Gasteiger partial charge in [0, 0.05) is 29.8 Å². The highest BCUT2D eigenvalue weighted by Gasteiger charge is 2.38. The van der Waals surface area contributed by atoms with Gasteiger partial charge in [0.15, 0.2) is 0 Å². The first kappa shape index (κ1) is 22.7. The van der Waals surface area contributed by atoms with Crippen molar-refractivity contribution in [1.29, 1.82) is 0 Å². The number of carboxylic acids is 1. The number of aromatic amines is 1. The molecule has 2 aromatic rings. The van der Waals surface area contributed by atoms with Crippen LogP contribution >= 0.6 is 0 Å². The molecule has 0 radical (unpaired) electrons. The van der Waals surface area contributed by atoms with Crippen molar-refractivity contribution in [2.75, 3.05) is 20.2 Å². The Balaban J connectivity index is 0.000000370. The minimum Gasteiger partial charge on any atom is -0.497 e. The number of hydrogen-bond acceptors (Lipinski definition) is 5. The molecular formula is C19H25F3N4O3. The van der Waals surface area contributed by atoms with E-state index in [1.807, 2.05) is 24.4 Å². The van der Waals surface area contributed by atoms with Crippen LogP contribution in [0.2, 0.25) is 0 Å². The number of alkyl halides is 3. The van der Waals surface area contributed by atoms with E-state index in [-0.39, 0.29) is 5.54 Å². The quantitative estimate of drug-likeness (QED) is 0.580. The Hall–Kier alpha value is -2.59. The highest BCUT2D eigenvalue weighted by atomic mass is 19.4. The van der Waals surface area contributed by atoms with Crippen LogP contribution in [0.1, 0.15) is 25.3 Å². The van der Waals surface area contributed by atoms with E-state index in [0.717, 1.165) is 36.6 Å². The summed E-state index contributed by atoms with van der Waals surface area (Å²) in [5, 5.41) is 21.6. The van der Waals surface area contributed by atoms with E-state index in [2.05, 4.69) is 33.8 Å². The predicted octanol–water partition coefficient (Wildman–Crippen LogP) is 2.95. The molecule has 29 heavy (non-hydrogen) atoms. The molecule has 1 aliphatic rings. The van der Waals surface area contributed by atoms with Gasteiger partial charge in [0.25, 0.3) is 0 Å². The summed E-state index contributed by atoms with van der Waals surface area (Å²) in [7, 11) is 1.68. The Labute approximate surface area is 166 Å². The van der Waals surface area contributed by atoms with Gasteiger partial charge in [-0.1, -0.05) is 12.1 Å². The number of aliphatic carboxylic acids is 1. The van der Waals surface area contributed by atoms with Crippen LogP contribution in [0.5, 0.6) is 5.75 Å². The largest absolute Gasteiger partial charge is 0.497 e. The van der Waals surface area contributed by atoms with Crippen molar-refractivity contribution in [3.63, 3.8) is 0 Å². The minimum atomic E-state index is -5.08. The van der Waals surface area contributed by atoms with Gasteiger partial charge >= 0.3 is 12.1 Å². The number of hydrogen-bond donors (Lipinski definition) is 4. The molecule has 1 aliphatic heterocycles. The van der Waals surface area contributed by atoms with E-state index >= 15 is 0 Å². The zero-order valence-corrected chi connectivity index (χ0v) is 16.3. The van der Waals surface area contributed by atoms with Crippen molar-refractivity contribution >= 4 is 5.97 Å². The van der Waals surface area contributed by atoms with Crippen molar-refractivity contribution in [3.8, 4) is 17.0 Å². The standard InChI is InChI=1S/C17H24N4O.C2HF3O2/c1-17(7-4-8-19-17)12-18-10-14-11-20-21-16(14)13-5-3-6-15(9-13)22-2;3-2(4,5)1(6)7/h3,5-6,9,11,18-19H,4,7-8,10,12H2,1-2H3,(H,20,21);(H,6,7). The average Bonchev–Trinajstić information content (AvgIpc) is 3.31. The van der Waals surface area contributed by atoms with Gasteiger partial charge in [0.05, 0.1) is 19.0 Å². The first-order valence-electron chi connectivity index (χ1n) is 9.07. The van der Waals surface area contributed by atoms with Gasteiger partial charge in [0.2, 0.25) is 0 Å². The molecule has 1 aromatic carbocycles. The molecule has 10 heteroatoms. The van der Waals surface area contributed by atoms with E-state index in [1.54, 1.807) is 7.11 Å². The van der Waals surface area contributed by atoms with Crippen LogP contribution in [0.15, 0.2) is 30.5 Å². The van der Waals surface area contributed by atoms with Gasteiger partial charge in [0.1, 0.15) is 5.75 Å². The second-order valence-corrected chi connectivity index (χ2v) is 7.00. The number of aromatic nitrogens is 2. The fourth-order valence-corrected chi connectivity index (χ4v) is 3.05. The van der Waals surface area contributed by atoms with Gasteiger partial charge in [-0.15, -0.1) is 0 Å². The zero-order valence-electron chi connectivity index (χ0n) is 16.3. The van der Waals surface area contributed by atoms with E-state index in [0.29, 0.717) is 0 Å². The first-order chi connectivity index (χ1) is 13.6. The van der Waals surface area contributed by atoms with Gasteiger partial charge < -0.3 is 20.5 Å². The lowest BCUT2D eigenvalue weighted by Crippen LogP contribution is -2.45. The van der Waals surface area contributed by atoms with Crippen molar-refractivity contribution in [3.05, 3.63) is 36.0 Å². The lowest BCUT2D eigenvalue weighted by atomic mass is 10.0. The molecule has 0 aliphatic carbocycles. The number of carbonyl (C=O) groups is 1. The molecule has 7 nitrogen and oxygen atoms in total. The predicted molar refractivity (Wildman–Crippen MR) is 102 cm³/mol. The maximum absolute atomic E-state index is 10.6. The summed E-state index contributed by atoms with van der Waals surface area (Å²) >= 11 is 0. The van der Waals surface area contributed by atoms with Crippen LogP contribution < -0.4 is 15.4 Å². The summed E-state index contributed by atoms with van der Waals surface area (Å²) in [6.07, 6.45) is -0.695. The van der Waals surface area contributed by atoms with Crippen molar-refractivity contribution in [1.82, 2.24) is 20.8 Å². The lowest BCUT2D eigenvalue weighted by molar-refractivity contribution is -0.192. The molecule has 1 saturated heterocycles. The van der Waals surface area contributed by atoms with Crippen LogP contribution in [0, 0.1) is 0 Å². The summed E-state index contributed by atoms with van der Waals surface area (Å²) in [6, 6.07) is 8.04. The first-order valence-corrected chi connectivity index (χ1v) is 9.07. The highest BCUT2D eigenvalue weighted by Crippen LogP contribution is 2.25. The molecule has 4 N–H and O–H groups in total. The van der Waals surface area contributed by atoms with E-state index in [1.165, 1.54) is 18.4 Å². The lowest BCUT2D eigenvalue weighted by Gasteiger charge is -2.24. The molecule has 0 saturated carbocycles. The number of nitrogens with one attached hydrogen (secondary N) is 3. The van der Waals surface area contributed by atoms with Gasteiger partial charge in [-0.3, -0.25) is 5.10 Å². The number of rotatable bonds is 6. The molecule has 1 unspecified atom stereocenters. The van der Waals surface area contributed by atoms with Crippen LogP contribution in [0.25, 0.3) is 11.3 Å². The number of methoxy groups -OCH3 is 1. The summed E-state index contributed by atoms with van der Waals surface area (Å²) < 4.78 is 37.0. The Kier molecular flexibility index (Phi) is 7.63. The Morgan fingerprint density at radius 1 is 1.41 bits per heavy atom. The van der Waals surface area contributed by atoms with Gasteiger partial charge in [-0.2, -0.15) is 18.3 Å². The number of halogens is 3. The number of ether oxygens (including phenoxy) is 1. The van der Waals surface area contributed by atoms with Gasteiger partial charge in [-0.05, 0) is 38.4 Å². The second kappa shape index (κ2) is 9.75. The third-order valence-electron chi connectivity index (χ3n) is 4.61. The fraction of sp³-hybridized carbons (Fsp3) is 0.474. The third-order valence-corrected chi connectivity index (χ3v) is 4.61. The molecule has 0 spiro atoms. The Bertz CT molecular complexity index is 802. The second-order valence-electron chi connectivity index (χ2n) is 7.00. The van der Waals surface area contributed by atoms with Crippen molar-refractivity contribution < 1.29 is 27.8 Å². The SMILES string of the molecule is COc1cccc(-c2[nH]ncc2CNCC2(C)CCCN2)c1.O=C(O)C(F)(F)F. The molecule has 0 amide bonds. The molecule has 160 valence electrons. The monoisotopic (exact) mass is 414 g/mol. The summed E-state index contributed by atoms with van der Waals surface area (Å²) in [5.74, 6) is -1.90. The van der Waals surface area contributed by atoms with E-state index in [9.17, 15) is 13.2 Å². The number of nitrogens with zero attached hydrogens (tertiary/aromatic N) is 1. The Morgan fingerprint density at radius 2 is 2.14 bits per heavy atom. The van der Waals surface area contributed by atoms with E-state index in [4.69, 9.17) is 14.6 Å². The normalized spacial score (nSPS) is 18.8. The topological polar surface area (TPSA) is 99.3 Å². The fourth-order valence-electron chi connectivity index (χ4n) is 3.05. The molecule has 1 aromatic heterocycles. The third kappa shape index (κ3) is 6.75. The van der Waals surface area contributed by atoms with Crippen molar-refractivity contribution in [2.45, 2.75) is 38.0 Å². The summed E-state index contributed by atoms with van der Waals surface area (Å²) in [4.78, 5) is 8.90. The van der Waals surface area contributed by atoms with E-state index < -0.39 is 12.1 Å². The summed E-state index contributed by atoms with van der Waals surface area (Å²) in [5.41, 5.74) is 3.55. The average molecular weight is 414 g/mol. The van der Waals surface area contributed by atoms with Gasteiger partial charge in [-0.25, -0.2) is 4.79 Å². The molecule has 0 bridgehead atoms. The number of carboxylic acid groups (broad SMARTS) is 1. The Morgan fingerprint density at radius 3 is 2.72 bits per heavy atom. The van der Waals surface area contributed by atoms with Crippen LogP contribution in [-0.4, -0.2) is 53.2 Å². The minimum absolute atomic E-state index is 0.222. The maximum atomic E-state index is 10.6. The molecule has 3 rings (SSSR count). The molecular weight excluding hydrogens is 389 g/mol. The molecule has 1 atom stereocenters. The van der Waals surface area contributed by atoms with Crippen LogP contribution in [-0.2, 0) is 11.3 Å². The maximum Gasteiger partial charge on any atom is 0.490 e. The molecule has 1 fully saturated rings. The smallest absolute Gasteiger partial charge is 0.490 e. The number of H-pyrrole nitrogens is 1. The highest BCUT2D eigenvalue weighted by molar-refractivity contribution is 5.73. The summed E-state index contributed by atoms with van der Waals surface area (Å²) in [6.45, 7) is 5.18. The molecule has 2 heterocycles. The number of benzene rings is 1. The van der Waals surface area contributed by atoms with Crippen LogP contribution in [0.4, 0.5) is 13.2 Å².